The van der Waals surface area contributed by atoms with Crippen LogP contribution in [0.1, 0.15) is 23.1 Å². The van der Waals surface area contributed by atoms with Crippen molar-refractivity contribution in [2.45, 2.75) is 25.8 Å². The van der Waals surface area contributed by atoms with Crippen LogP contribution < -0.4 is 10.2 Å². The molecule has 0 aliphatic carbocycles. The number of hydrogen-bond donors (Lipinski definition) is 1. The molecule has 2 nitrogen and oxygen atoms in total. The summed E-state index contributed by atoms with van der Waals surface area (Å²) in [6.07, 6.45) is 3.85. The van der Waals surface area contributed by atoms with Gasteiger partial charge < -0.3 is 10.2 Å². The van der Waals surface area contributed by atoms with Crippen molar-refractivity contribution < 1.29 is 0 Å². The Kier molecular flexibility index (Phi) is 2.17. The highest BCUT2D eigenvalue weighted by Gasteiger charge is 2.25. The quantitative estimate of drug-likeness (QED) is 0.785. The van der Waals surface area contributed by atoms with Crippen LogP contribution in [0, 0.1) is 0 Å². The fourth-order valence-corrected chi connectivity index (χ4v) is 2.98. The van der Waals surface area contributed by atoms with E-state index >= 15 is 0 Å². The third kappa shape index (κ3) is 1.44. The minimum atomic E-state index is 1.00. The molecule has 1 aromatic carbocycles. The van der Waals surface area contributed by atoms with Crippen LogP contribution in [0.5, 0.6) is 0 Å². The topological polar surface area (TPSA) is 15.3 Å². The van der Waals surface area contributed by atoms with Gasteiger partial charge in [-0.25, -0.2) is 0 Å². The number of aryl methyl sites for hydroxylation is 1. The fourth-order valence-electron chi connectivity index (χ4n) is 2.98. The van der Waals surface area contributed by atoms with E-state index in [0.29, 0.717) is 0 Å². The van der Waals surface area contributed by atoms with Crippen LogP contribution in [0.25, 0.3) is 0 Å². The summed E-state index contributed by atoms with van der Waals surface area (Å²) >= 11 is 0. The second kappa shape index (κ2) is 3.53. The van der Waals surface area contributed by atoms with E-state index in [1.165, 1.54) is 37.9 Å². The zero-order chi connectivity index (χ0) is 10.3. The van der Waals surface area contributed by atoms with Gasteiger partial charge in [0, 0.05) is 25.3 Å². The first-order valence-electron chi connectivity index (χ1n) is 5.92. The van der Waals surface area contributed by atoms with E-state index in [4.69, 9.17) is 0 Å². The molecule has 0 saturated carbocycles. The maximum atomic E-state index is 3.24. The van der Waals surface area contributed by atoms with Crippen LogP contribution in [-0.2, 0) is 19.4 Å². The lowest BCUT2D eigenvalue weighted by Gasteiger charge is -2.27. The van der Waals surface area contributed by atoms with Gasteiger partial charge in [-0.2, -0.15) is 0 Å². The lowest BCUT2D eigenvalue weighted by molar-refractivity contribution is 0.717. The maximum Gasteiger partial charge on any atom is 0.0432 e. The van der Waals surface area contributed by atoms with Crippen molar-refractivity contribution in [2.24, 2.45) is 0 Å². The Morgan fingerprint density at radius 3 is 2.80 bits per heavy atom. The average molecular weight is 202 g/mol. The lowest BCUT2D eigenvalue weighted by atomic mass is 9.97. The molecule has 0 atom stereocenters. The summed E-state index contributed by atoms with van der Waals surface area (Å²) in [7, 11) is 2.02. The average Bonchev–Trinajstić information content (AvgIpc) is 2.64. The summed E-state index contributed by atoms with van der Waals surface area (Å²) in [5, 5.41) is 3.24. The summed E-state index contributed by atoms with van der Waals surface area (Å²) in [6.45, 7) is 3.51. The van der Waals surface area contributed by atoms with Crippen LogP contribution in [0.4, 0.5) is 5.69 Å². The van der Waals surface area contributed by atoms with Crippen molar-refractivity contribution >= 4 is 5.69 Å². The zero-order valence-electron chi connectivity index (χ0n) is 9.34. The Morgan fingerprint density at radius 1 is 1.20 bits per heavy atom. The fraction of sp³-hybridized carbons (Fsp3) is 0.538. The Labute approximate surface area is 91.3 Å². The SMILES string of the molecule is CNCc1cc2c3c(c1)CCN3CCC2. The Bertz CT molecular complexity index is 384. The minimum absolute atomic E-state index is 1.00. The third-order valence-electron chi connectivity index (χ3n) is 3.55. The highest BCUT2D eigenvalue weighted by molar-refractivity contribution is 5.65. The molecule has 1 N–H and O–H groups in total. The number of benzene rings is 1. The van der Waals surface area contributed by atoms with Crippen LogP contribution in [0.3, 0.4) is 0 Å². The molecule has 2 heterocycles. The van der Waals surface area contributed by atoms with Crippen molar-refractivity contribution in [3.8, 4) is 0 Å². The van der Waals surface area contributed by atoms with Gasteiger partial charge in [0.1, 0.15) is 0 Å². The largest absolute Gasteiger partial charge is 0.371 e. The van der Waals surface area contributed by atoms with Gasteiger partial charge in [-0.05, 0) is 43.0 Å². The molecule has 0 unspecified atom stereocenters. The first kappa shape index (κ1) is 9.22. The summed E-state index contributed by atoms with van der Waals surface area (Å²) in [6, 6.07) is 4.79. The molecule has 0 fully saturated rings. The van der Waals surface area contributed by atoms with Gasteiger partial charge in [-0.3, -0.25) is 0 Å². The molecule has 0 bridgehead atoms. The second-order valence-corrected chi connectivity index (χ2v) is 4.63. The minimum Gasteiger partial charge on any atom is -0.371 e. The summed E-state index contributed by atoms with van der Waals surface area (Å²) in [5.41, 5.74) is 6.19. The molecule has 15 heavy (non-hydrogen) atoms. The normalized spacial score (nSPS) is 18.1. The third-order valence-corrected chi connectivity index (χ3v) is 3.55. The highest BCUT2D eigenvalue weighted by atomic mass is 15.2. The molecule has 0 spiro atoms. The first-order chi connectivity index (χ1) is 7.38. The number of rotatable bonds is 2. The molecule has 2 heteroatoms. The monoisotopic (exact) mass is 202 g/mol. The molecule has 3 rings (SSSR count). The summed E-state index contributed by atoms with van der Waals surface area (Å²) in [5.74, 6) is 0. The van der Waals surface area contributed by atoms with E-state index in [2.05, 4.69) is 22.3 Å². The van der Waals surface area contributed by atoms with Crippen molar-refractivity contribution in [1.29, 1.82) is 0 Å². The standard InChI is InChI=1S/C13H18N2/c1-14-9-10-7-11-3-2-5-15-6-4-12(8-10)13(11)15/h7-8,14H,2-6,9H2,1H3. The van der Waals surface area contributed by atoms with Crippen molar-refractivity contribution in [3.05, 3.63) is 28.8 Å². The van der Waals surface area contributed by atoms with E-state index in [-0.39, 0.29) is 0 Å². The van der Waals surface area contributed by atoms with Gasteiger partial charge in [0.25, 0.3) is 0 Å². The van der Waals surface area contributed by atoms with Crippen LogP contribution in [-0.4, -0.2) is 20.1 Å². The molecular weight excluding hydrogens is 184 g/mol. The molecule has 1 aromatic rings. The molecule has 0 aromatic heterocycles. The summed E-state index contributed by atoms with van der Waals surface area (Å²) in [4.78, 5) is 2.57. The van der Waals surface area contributed by atoms with E-state index in [9.17, 15) is 0 Å². The van der Waals surface area contributed by atoms with Crippen molar-refractivity contribution in [2.75, 3.05) is 25.0 Å². The number of nitrogens with one attached hydrogen (secondary N) is 1. The summed E-state index contributed by atoms with van der Waals surface area (Å²) < 4.78 is 0. The van der Waals surface area contributed by atoms with E-state index in [1.807, 2.05) is 7.05 Å². The molecular formula is C13H18N2. The molecule has 2 aliphatic rings. The number of anilines is 1. The number of hydrogen-bond acceptors (Lipinski definition) is 2. The van der Waals surface area contributed by atoms with Crippen LogP contribution in [0.2, 0.25) is 0 Å². The van der Waals surface area contributed by atoms with Gasteiger partial charge in [-0.1, -0.05) is 12.1 Å². The molecule has 0 saturated heterocycles. The van der Waals surface area contributed by atoms with Gasteiger partial charge >= 0.3 is 0 Å². The zero-order valence-corrected chi connectivity index (χ0v) is 9.34. The molecule has 0 radical (unpaired) electrons. The van der Waals surface area contributed by atoms with Crippen LogP contribution >= 0.6 is 0 Å². The van der Waals surface area contributed by atoms with Crippen molar-refractivity contribution in [1.82, 2.24) is 5.32 Å². The molecule has 80 valence electrons. The predicted molar refractivity (Wildman–Crippen MR) is 63.4 cm³/mol. The van der Waals surface area contributed by atoms with Gasteiger partial charge in [0.15, 0.2) is 0 Å². The Balaban J connectivity index is 2.06. The van der Waals surface area contributed by atoms with E-state index < -0.39 is 0 Å². The Hall–Kier alpha value is -1.02. The smallest absolute Gasteiger partial charge is 0.0432 e. The van der Waals surface area contributed by atoms with Crippen molar-refractivity contribution in [3.63, 3.8) is 0 Å². The Morgan fingerprint density at radius 2 is 2.00 bits per heavy atom. The molecule has 0 amide bonds. The van der Waals surface area contributed by atoms with Crippen LogP contribution in [0.15, 0.2) is 12.1 Å². The van der Waals surface area contributed by atoms with Gasteiger partial charge in [0.2, 0.25) is 0 Å². The predicted octanol–water partition coefficient (Wildman–Crippen LogP) is 1.71. The molecule has 2 aliphatic heterocycles. The van der Waals surface area contributed by atoms with E-state index in [1.54, 1.807) is 16.8 Å². The number of nitrogens with zero attached hydrogens (tertiary/aromatic N) is 1. The first-order valence-corrected chi connectivity index (χ1v) is 5.92. The maximum absolute atomic E-state index is 3.24. The van der Waals surface area contributed by atoms with Gasteiger partial charge in [-0.15, -0.1) is 0 Å². The lowest BCUT2D eigenvalue weighted by Crippen LogP contribution is -2.26. The van der Waals surface area contributed by atoms with E-state index in [0.717, 1.165) is 6.54 Å². The highest BCUT2D eigenvalue weighted by Crippen LogP contribution is 2.36. The second-order valence-electron chi connectivity index (χ2n) is 4.63. The van der Waals surface area contributed by atoms with Gasteiger partial charge in [0.05, 0.1) is 0 Å².